The van der Waals surface area contributed by atoms with Crippen LogP contribution >= 0.6 is 24.0 Å². The Bertz CT molecular complexity index is 790. The smallest absolute Gasteiger partial charge is 0.191 e. The van der Waals surface area contributed by atoms with Crippen molar-refractivity contribution in [1.29, 1.82) is 0 Å². The predicted octanol–water partition coefficient (Wildman–Crippen LogP) is 4.16. The van der Waals surface area contributed by atoms with Gasteiger partial charge in [0.25, 0.3) is 0 Å². The fourth-order valence-electron chi connectivity index (χ4n) is 4.38. The first kappa shape index (κ1) is 22.9. The normalized spacial score (nSPS) is 20.4. The Morgan fingerprint density at radius 3 is 2.73 bits per heavy atom. The van der Waals surface area contributed by atoms with Crippen LogP contribution in [0.4, 0.5) is 0 Å². The van der Waals surface area contributed by atoms with Crippen molar-refractivity contribution in [2.75, 3.05) is 39.8 Å². The molecule has 1 aromatic heterocycles. The van der Waals surface area contributed by atoms with E-state index in [0.717, 1.165) is 56.7 Å². The molecule has 30 heavy (non-hydrogen) atoms. The fraction of sp³-hybridized carbons (Fsp3) is 0.522. The van der Waals surface area contributed by atoms with E-state index in [4.69, 9.17) is 9.15 Å². The standard InChI is InChI=1S/C23H32N4O2.HI/c1-24-23(25-16-18-11-15-29-21-9-4-3-8-19(18)21)26-17-20(22-10-7-14-28-22)27-12-5-2-6-13-27;/h3-4,7-10,14,18,20H,2,5-6,11-13,15-17H2,1H3,(H2,24,25,26);1H. The molecule has 4 rings (SSSR count). The summed E-state index contributed by atoms with van der Waals surface area (Å²) in [6.07, 6.45) is 6.62. The zero-order chi connectivity index (χ0) is 19.9. The van der Waals surface area contributed by atoms with Gasteiger partial charge in [-0.1, -0.05) is 24.6 Å². The van der Waals surface area contributed by atoms with Crippen molar-refractivity contribution in [2.45, 2.75) is 37.6 Å². The molecule has 2 unspecified atom stereocenters. The minimum atomic E-state index is 0. The number of furan rings is 1. The van der Waals surface area contributed by atoms with Crippen LogP contribution in [0.1, 0.15) is 49.0 Å². The summed E-state index contributed by atoms with van der Waals surface area (Å²) in [7, 11) is 1.83. The first-order valence-electron chi connectivity index (χ1n) is 10.8. The second-order valence-corrected chi connectivity index (χ2v) is 7.83. The zero-order valence-electron chi connectivity index (χ0n) is 17.7. The lowest BCUT2D eigenvalue weighted by molar-refractivity contribution is 0.146. The third kappa shape index (κ3) is 5.69. The number of hydrogen-bond acceptors (Lipinski definition) is 4. The van der Waals surface area contributed by atoms with Crippen molar-refractivity contribution >= 4 is 29.9 Å². The summed E-state index contributed by atoms with van der Waals surface area (Å²) in [5, 5.41) is 7.04. The number of benzene rings is 1. The maximum Gasteiger partial charge on any atom is 0.191 e. The van der Waals surface area contributed by atoms with Crippen LogP contribution in [0.2, 0.25) is 0 Å². The van der Waals surface area contributed by atoms with Gasteiger partial charge in [0.15, 0.2) is 5.96 Å². The molecule has 1 aromatic carbocycles. The minimum absolute atomic E-state index is 0. The van der Waals surface area contributed by atoms with Crippen LogP contribution in [-0.4, -0.2) is 50.7 Å². The number of hydrogen-bond donors (Lipinski definition) is 2. The molecular weight excluding hydrogens is 491 g/mol. The summed E-state index contributed by atoms with van der Waals surface area (Å²) >= 11 is 0. The molecule has 7 heteroatoms. The summed E-state index contributed by atoms with van der Waals surface area (Å²) in [5.74, 6) is 3.30. The highest BCUT2D eigenvalue weighted by Gasteiger charge is 2.25. The third-order valence-electron chi connectivity index (χ3n) is 5.99. The van der Waals surface area contributed by atoms with Crippen molar-refractivity contribution in [3.8, 4) is 5.75 Å². The second kappa shape index (κ2) is 11.6. The summed E-state index contributed by atoms with van der Waals surface area (Å²) < 4.78 is 11.5. The monoisotopic (exact) mass is 524 g/mol. The molecule has 0 radical (unpaired) electrons. The van der Waals surface area contributed by atoms with Crippen LogP contribution in [0.15, 0.2) is 52.1 Å². The number of guanidine groups is 1. The van der Waals surface area contributed by atoms with Crippen molar-refractivity contribution < 1.29 is 9.15 Å². The molecule has 0 aliphatic carbocycles. The average molecular weight is 524 g/mol. The van der Waals surface area contributed by atoms with Gasteiger partial charge in [-0.3, -0.25) is 9.89 Å². The number of nitrogens with zero attached hydrogens (tertiary/aromatic N) is 2. The van der Waals surface area contributed by atoms with E-state index in [2.05, 4.69) is 44.8 Å². The Hall–Kier alpha value is -1.74. The third-order valence-corrected chi connectivity index (χ3v) is 5.99. The van der Waals surface area contributed by atoms with E-state index < -0.39 is 0 Å². The molecule has 1 saturated heterocycles. The molecule has 1 fully saturated rings. The Labute approximate surface area is 196 Å². The van der Waals surface area contributed by atoms with Gasteiger partial charge in [-0.15, -0.1) is 24.0 Å². The van der Waals surface area contributed by atoms with Crippen molar-refractivity contribution in [3.05, 3.63) is 54.0 Å². The van der Waals surface area contributed by atoms with E-state index in [1.165, 1.54) is 24.8 Å². The lowest BCUT2D eigenvalue weighted by atomic mass is 9.93. The molecule has 0 bridgehead atoms. The van der Waals surface area contributed by atoms with E-state index in [1.54, 1.807) is 6.26 Å². The number of ether oxygens (including phenoxy) is 1. The maximum atomic E-state index is 5.78. The lowest BCUT2D eigenvalue weighted by Gasteiger charge is -2.34. The van der Waals surface area contributed by atoms with Crippen LogP contribution in [0, 0.1) is 0 Å². The van der Waals surface area contributed by atoms with E-state index in [0.29, 0.717) is 5.92 Å². The number of halogens is 1. The SMILES string of the molecule is CN=C(NCC1CCOc2ccccc21)NCC(c1ccco1)N1CCCCC1.I. The molecule has 0 amide bonds. The van der Waals surface area contributed by atoms with Crippen LogP contribution < -0.4 is 15.4 Å². The highest BCUT2D eigenvalue weighted by atomic mass is 127. The number of nitrogens with one attached hydrogen (secondary N) is 2. The summed E-state index contributed by atoms with van der Waals surface area (Å²) in [5.41, 5.74) is 1.28. The molecule has 0 spiro atoms. The number of likely N-dealkylation sites (tertiary alicyclic amines) is 1. The molecule has 2 N–H and O–H groups in total. The first-order chi connectivity index (χ1) is 14.3. The molecule has 3 heterocycles. The highest BCUT2D eigenvalue weighted by Crippen LogP contribution is 2.32. The molecular formula is C23H33IN4O2. The van der Waals surface area contributed by atoms with Gasteiger partial charge in [-0.2, -0.15) is 0 Å². The Morgan fingerprint density at radius 2 is 1.97 bits per heavy atom. The number of rotatable bonds is 6. The van der Waals surface area contributed by atoms with Gasteiger partial charge in [0.1, 0.15) is 11.5 Å². The van der Waals surface area contributed by atoms with Crippen LogP contribution in [-0.2, 0) is 0 Å². The quantitative estimate of drug-likeness (QED) is 0.338. The van der Waals surface area contributed by atoms with Crippen LogP contribution in [0.3, 0.4) is 0 Å². The molecule has 2 aliphatic heterocycles. The topological polar surface area (TPSA) is 62.0 Å². The van der Waals surface area contributed by atoms with E-state index in [1.807, 2.05) is 19.2 Å². The van der Waals surface area contributed by atoms with Crippen LogP contribution in [0.25, 0.3) is 0 Å². The first-order valence-corrected chi connectivity index (χ1v) is 10.8. The summed E-state index contributed by atoms with van der Waals surface area (Å²) in [6.45, 7) is 4.63. The van der Waals surface area contributed by atoms with Crippen molar-refractivity contribution in [2.24, 2.45) is 4.99 Å². The largest absolute Gasteiger partial charge is 0.493 e. The zero-order valence-corrected chi connectivity index (χ0v) is 20.0. The van der Waals surface area contributed by atoms with Crippen molar-refractivity contribution in [3.63, 3.8) is 0 Å². The molecule has 2 aromatic rings. The van der Waals surface area contributed by atoms with Gasteiger partial charge in [0.2, 0.25) is 0 Å². The van der Waals surface area contributed by atoms with Crippen LogP contribution in [0.5, 0.6) is 5.75 Å². The Morgan fingerprint density at radius 1 is 1.13 bits per heavy atom. The molecule has 2 aliphatic rings. The van der Waals surface area contributed by atoms with Gasteiger partial charge in [0.05, 0.1) is 18.9 Å². The molecule has 6 nitrogen and oxygen atoms in total. The van der Waals surface area contributed by atoms with E-state index >= 15 is 0 Å². The lowest BCUT2D eigenvalue weighted by Crippen LogP contribution is -2.45. The maximum absolute atomic E-state index is 5.78. The number of fused-ring (bicyclic) bond motifs is 1. The molecule has 2 atom stereocenters. The Kier molecular flexibility index (Phi) is 8.87. The van der Waals surface area contributed by atoms with Gasteiger partial charge in [-0.05, 0) is 56.1 Å². The van der Waals surface area contributed by atoms with Crippen molar-refractivity contribution in [1.82, 2.24) is 15.5 Å². The summed E-state index contributed by atoms with van der Waals surface area (Å²) in [6, 6.07) is 12.6. The molecule has 164 valence electrons. The minimum Gasteiger partial charge on any atom is -0.493 e. The number of aliphatic imine (C=N–C) groups is 1. The number of piperidine rings is 1. The Balaban J connectivity index is 0.00000256. The second-order valence-electron chi connectivity index (χ2n) is 7.83. The van der Waals surface area contributed by atoms with Gasteiger partial charge in [0, 0.05) is 26.1 Å². The van der Waals surface area contributed by atoms with E-state index in [9.17, 15) is 0 Å². The average Bonchev–Trinajstić information content (AvgIpc) is 3.31. The van der Waals surface area contributed by atoms with Gasteiger partial charge >= 0.3 is 0 Å². The van der Waals surface area contributed by atoms with Gasteiger partial charge in [-0.25, -0.2) is 0 Å². The predicted molar refractivity (Wildman–Crippen MR) is 131 cm³/mol. The van der Waals surface area contributed by atoms with E-state index in [-0.39, 0.29) is 30.0 Å². The summed E-state index contributed by atoms with van der Waals surface area (Å²) in [4.78, 5) is 6.97. The fourth-order valence-corrected chi connectivity index (χ4v) is 4.38. The van der Waals surface area contributed by atoms with Gasteiger partial charge < -0.3 is 19.8 Å². The molecule has 0 saturated carbocycles. The number of para-hydroxylation sites is 1. The highest BCUT2D eigenvalue weighted by molar-refractivity contribution is 14.0.